The first-order valence-electron chi connectivity index (χ1n) is 5.78. The van der Waals surface area contributed by atoms with Gasteiger partial charge in [0.1, 0.15) is 6.07 Å². The molecule has 19 heavy (non-hydrogen) atoms. The Bertz CT molecular complexity index is 575. The van der Waals surface area contributed by atoms with Crippen LogP contribution >= 0.6 is 11.6 Å². The minimum Gasteiger partial charge on any atom is -0.395 e. The van der Waals surface area contributed by atoms with E-state index >= 15 is 0 Å². The van der Waals surface area contributed by atoms with Gasteiger partial charge in [-0.2, -0.15) is 9.57 Å². The van der Waals surface area contributed by atoms with Crippen LogP contribution in [0, 0.1) is 11.3 Å². The van der Waals surface area contributed by atoms with E-state index in [0.29, 0.717) is 13.0 Å². The first-order valence-corrected chi connectivity index (χ1v) is 7.59. The number of benzene rings is 1. The number of halogens is 1. The van der Waals surface area contributed by atoms with Crippen molar-refractivity contribution in [2.75, 3.05) is 19.7 Å². The van der Waals surface area contributed by atoms with Gasteiger partial charge in [-0.05, 0) is 24.6 Å². The summed E-state index contributed by atoms with van der Waals surface area (Å²) in [6, 6.07) is 5.85. The molecule has 5 nitrogen and oxygen atoms in total. The zero-order valence-electron chi connectivity index (χ0n) is 10.5. The molecule has 104 valence electrons. The Balaban J connectivity index is 3.18. The molecule has 1 aromatic carbocycles. The monoisotopic (exact) mass is 302 g/mol. The van der Waals surface area contributed by atoms with Gasteiger partial charge in [-0.1, -0.05) is 18.5 Å². The van der Waals surface area contributed by atoms with E-state index < -0.39 is 10.0 Å². The Hall–Kier alpha value is -1.13. The van der Waals surface area contributed by atoms with Crippen LogP contribution in [0.3, 0.4) is 0 Å². The molecule has 0 amide bonds. The van der Waals surface area contributed by atoms with Crippen LogP contribution in [0.5, 0.6) is 0 Å². The molecule has 0 unspecified atom stereocenters. The molecule has 1 N–H and O–H groups in total. The average Bonchev–Trinajstić information content (AvgIpc) is 2.38. The van der Waals surface area contributed by atoms with Crippen molar-refractivity contribution >= 4 is 21.6 Å². The quantitative estimate of drug-likeness (QED) is 0.865. The van der Waals surface area contributed by atoms with Crippen molar-refractivity contribution in [3.8, 4) is 6.07 Å². The molecule has 0 heterocycles. The molecule has 0 aromatic heterocycles. The summed E-state index contributed by atoms with van der Waals surface area (Å²) in [6.45, 7) is 1.96. The number of aliphatic hydroxyl groups excluding tert-OH is 1. The highest BCUT2D eigenvalue weighted by Gasteiger charge is 2.23. The van der Waals surface area contributed by atoms with E-state index in [9.17, 15) is 8.42 Å². The van der Waals surface area contributed by atoms with Gasteiger partial charge in [0.25, 0.3) is 0 Å². The summed E-state index contributed by atoms with van der Waals surface area (Å²) in [5, 5.41) is 17.8. The minimum absolute atomic E-state index is 0.0263. The molecule has 1 aromatic rings. The second-order valence-corrected chi connectivity index (χ2v) is 6.23. The minimum atomic E-state index is -3.69. The maximum atomic E-state index is 12.3. The number of hydrogen-bond donors (Lipinski definition) is 1. The summed E-state index contributed by atoms with van der Waals surface area (Å²) in [5.74, 6) is 0. The Morgan fingerprint density at radius 1 is 1.42 bits per heavy atom. The largest absolute Gasteiger partial charge is 0.395 e. The van der Waals surface area contributed by atoms with Crippen molar-refractivity contribution in [2.45, 2.75) is 18.2 Å². The van der Waals surface area contributed by atoms with E-state index in [0.717, 1.165) is 0 Å². The lowest BCUT2D eigenvalue weighted by Crippen LogP contribution is -2.34. The van der Waals surface area contributed by atoms with Gasteiger partial charge in [0.15, 0.2) is 0 Å². The normalized spacial score (nSPS) is 11.5. The second kappa shape index (κ2) is 6.87. The lowest BCUT2D eigenvalue weighted by atomic mass is 10.2. The third kappa shape index (κ3) is 3.67. The average molecular weight is 303 g/mol. The van der Waals surface area contributed by atoms with Crippen molar-refractivity contribution in [1.29, 1.82) is 5.26 Å². The van der Waals surface area contributed by atoms with Gasteiger partial charge >= 0.3 is 0 Å². The predicted octanol–water partition coefficient (Wildman–Crippen LogP) is 1.60. The fraction of sp³-hybridized carbons (Fsp3) is 0.417. The molecular weight excluding hydrogens is 288 g/mol. The molecule has 0 aliphatic heterocycles. The van der Waals surface area contributed by atoms with Crippen molar-refractivity contribution in [3.63, 3.8) is 0 Å². The Labute approximate surface area is 118 Å². The third-order valence-corrected chi connectivity index (χ3v) is 4.73. The van der Waals surface area contributed by atoms with Crippen LogP contribution in [0.15, 0.2) is 23.1 Å². The number of nitrogens with zero attached hydrogens (tertiary/aromatic N) is 2. The Morgan fingerprint density at radius 3 is 2.58 bits per heavy atom. The summed E-state index contributed by atoms with van der Waals surface area (Å²) in [4.78, 5) is 0.0263. The molecule has 0 aliphatic carbocycles. The highest BCUT2D eigenvalue weighted by atomic mass is 35.5. The molecule has 0 radical (unpaired) electrons. The van der Waals surface area contributed by atoms with Crippen LogP contribution in [0.4, 0.5) is 0 Å². The maximum absolute atomic E-state index is 12.3. The van der Waals surface area contributed by atoms with E-state index in [1.807, 2.05) is 13.0 Å². The zero-order chi connectivity index (χ0) is 14.5. The summed E-state index contributed by atoms with van der Waals surface area (Å²) in [6.07, 6.45) is 0.642. The van der Waals surface area contributed by atoms with Gasteiger partial charge in [0, 0.05) is 13.1 Å². The molecule has 1 rings (SSSR count). The van der Waals surface area contributed by atoms with Crippen molar-refractivity contribution in [1.82, 2.24) is 4.31 Å². The van der Waals surface area contributed by atoms with E-state index in [-0.39, 0.29) is 28.6 Å². The van der Waals surface area contributed by atoms with Gasteiger partial charge in [-0.15, -0.1) is 0 Å². The van der Waals surface area contributed by atoms with Gasteiger partial charge in [-0.3, -0.25) is 0 Å². The smallest absolute Gasteiger partial charge is 0.243 e. The SMILES string of the molecule is CCCN(CCO)S(=O)(=O)c1ccc(C#N)c(Cl)c1. The standard InChI is InChI=1S/C12H15ClN2O3S/c1-2-5-15(6-7-16)19(17,18)11-4-3-10(9-14)12(13)8-11/h3-4,8,16H,2,5-7H2,1H3. The lowest BCUT2D eigenvalue weighted by molar-refractivity contribution is 0.253. The number of sulfonamides is 1. The number of aliphatic hydroxyl groups is 1. The van der Waals surface area contributed by atoms with Crippen LogP contribution < -0.4 is 0 Å². The highest BCUT2D eigenvalue weighted by molar-refractivity contribution is 7.89. The second-order valence-electron chi connectivity index (χ2n) is 3.88. The molecule has 0 aliphatic rings. The molecule has 0 saturated carbocycles. The topological polar surface area (TPSA) is 81.4 Å². The van der Waals surface area contributed by atoms with Crippen molar-refractivity contribution in [2.24, 2.45) is 0 Å². The number of hydrogen-bond acceptors (Lipinski definition) is 4. The highest BCUT2D eigenvalue weighted by Crippen LogP contribution is 2.22. The first kappa shape index (κ1) is 15.9. The van der Waals surface area contributed by atoms with Crippen LogP contribution in [-0.4, -0.2) is 37.5 Å². The van der Waals surface area contributed by atoms with Crippen LogP contribution in [0.1, 0.15) is 18.9 Å². The fourth-order valence-electron chi connectivity index (χ4n) is 1.61. The Kier molecular flexibility index (Phi) is 5.76. The fourth-order valence-corrected chi connectivity index (χ4v) is 3.45. The molecule has 0 bridgehead atoms. The summed E-state index contributed by atoms with van der Waals surface area (Å²) in [7, 11) is -3.69. The summed E-state index contributed by atoms with van der Waals surface area (Å²) >= 11 is 5.84. The van der Waals surface area contributed by atoms with Crippen LogP contribution in [0.2, 0.25) is 5.02 Å². The zero-order valence-corrected chi connectivity index (χ0v) is 12.1. The summed E-state index contributed by atoms with van der Waals surface area (Å²) < 4.78 is 25.9. The third-order valence-electron chi connectivity index (χ3n) is 2.52. The van der Waals surface area contributed by atoms with E-state index in [4.69, 9.17) is 22.0 Å². The predicted molar refractivity (Wildman–Crippen MR) is 72.3 cm³/mol. The van der Waals surface area contributed by atoms with Crippen molar-refractivity contribution < 1.29 is 13.5 Å². The Morgan fingerprint density at radius 2 is 2.11 bits per heavy atom. The van der Waals surface area contributed by atoms with Gasteiger partial charge < -0.3 is 5.11 Å². The summed E-state index contributed by atoms with van der Waals surface area (Å²) in [5.41, 5.74) is 0.227. The lowest BCUT2D eigenvalue weighted by Gasteiger charge is -2.20. The van der Waals surface area contributed by atoms with Crippen LogP contribution in [-0.2, 0) is 10.0 Å². The molecule has 7 heteroatoms. The maximum Gasteiger partial charge on any atom is 0.243 e. The van der Waals surface area contributed by atoms with E-state index in [1.165, 1.54) is 22.5 Å². The van der Waals surface area contributed by atoms with Crippen molar-refractivity contribution in [3.05, 3.63) is 28.8 Å². The number of nitriles is 1. The molecule has 0 spiro atoms. The van der Waals surface area contributed by atoms with Gasteiger partial charge in [0.05, 0.1) is 22.1 Å². The van der Waals surface area contributed by atoms with E-state index in [1.54, 1.807) is 0 Å². The number of rotatable bonds is 6. The molecular formula is C12H15ClN2O3S. The molecule has 0 fully saturated rings. The first-order chi connectivity index (χ1) is 8.97. The van der Waals surface area contributed by atoms with E-state index in [2.05, 4.69) is 0 Å². The van der Waals surface area contributed by atoms with Gasteiger partial charge in [-0.25, -0.2) is 8.42 Å². The van der Waals surface area contributed by atoms with Gasteiger partial charge in [0.2, 0.25) is 10.0 Å². The molecule has 0 saturated heterocycles. The van der Waals surface area contributed by atoms with Crippen LogP contribution in [0.25, 0.3) is 0 Å². The molecule has 0 atom stereocenters.